The SMILES string of the molecule is CC(C)c1cn(Cc2ccc(F)c(F)c2)nn1. The van der Waals surface area contributed by atoms with Gasteiger partial charge in [-0.15, -0.1) is 5.10 Å². The minimum absolute atomic E-state index is 0.300. The molecule has 1 heterocycles. The lowest BCUT2D eigenvalue weighted by Gasteiger charge is -2.01. The second-order valence-corrected chi connectivity index (χ2v) is 4.24. The van der Waals surface area contributed by atoms with E-state index in [1.807, 2.05) is 20.0 Å². The van der Waals surface area contributed by atoms with Crippen molar-refractivity contribution in [1.29, 1.82) is 0 Å². The summed E-state index contributed by atoms with van der Waals surface area (Å²) in [6.07, 6.45) is 1.81. The molecule has 0 radical (unpaired) electrons. The lowest BCUT2D eigenvalue weighted by atomic mass is 10.1. The molecule has 1 aromatic carbocycles. The molecule has 0 bridgehead atoms. The second kappa shape index (κ2) is 4.61. The maximum atomic E-state index is 13.0. The molecule has 0 atom stereocenters. The highest BCUT2D eigenvalue weighted by molar-refractivity contribution is 5.18. The summed E-state index contributed by atoms with van der Waals surface area (Å²) in [6, 6.07) is 3.83. The van der Waals surface area contributed by atoms with E-state index in [1.54, 1.807) is 4.68 Å². The Labute approximate surface area is 98.1 Å². The monoisotopic (exact) mass is 237 g/mol. The van der Waals surface area contributed by atoms with Gasteiger partial charge in [0, 0.05) is 6.20 Å². The molecule has 0 amide bonds. The fourth-order valence-corrected chi connectivity index (χ4v) is 1.48. The average molecular weight is 237 g/mol. The molecule has 5 heteroatoms. The molecule has 0 aliphatic carbocycles. The minimum Gasteiger partial charge on any atom is -0.248 e. The summed E-state index contributed by atoms with van der Waals surface area (Å²) < 4.78 is 27.3. The smallest absolute Gasteiger partial charge is 0.159 e. The first-order valence-corrected chi connectivity index (χ1v) is 5.40. The van der Waals surface area contributed by atoms with Crippen molar-refractivity contribution in [2.24, 2.45) is 0 Å². The molecule has 0 aliphatic rings. The van der Waals surface area contributed by atoms with E-state index in [-0.39, 0.29) is 0 Å². The summed E-state index contributed by atoms with van der Waals surface area (Å²) in [6.45, 7) is 4.43. The number of benzene rings is 1. The summed E-state index contributed by atoms with van der Waals surface area (Å²) >= 11 is 0. The van der Waals surface area contributed by atoms with Gasteiger partial charge in [-0.05, 0) is 23.6 Å². The highest BCUT2D eigenvalue weighted by Gasteiger charge is 2.07. The Morgan fingerprint density at radius 1 is 1.24 bits per heavy atom. The van der Waals surface area contributed by atoms with E-state index < -0.39 is 11.6 Å². The molecular formula is C12H13F2N3. The largest absolute Gasteiger partial charge is 0.248 e. The van der Waals surface area contributed by atoms with Crippen LogP contribution in [0.4, 0.5) is 8.78 Å². The molecule has 1 aromatic heterocycles. The Balaban J connectivity index is 2.16. The van der Waals surface area contributed by atoms with E-state index in [0.717, 1.165) is 11.8 Å². The van der Waals surface area contributed by atoms with Crippen LogP contribution in [0.15, 0.2) is 24.4 Å². The van der Waals surface area contributed by atoms with Crippen molar-refractivity contribution in [2.75, 3.05) is 0 Å². The van der Waals surface area contributed by atoms with Crippen molar-refractivity contribution < 1.29 is 8.78 Å². The Morgan fingerprint density at radius 3 is 2.59 bits per heavy atom. The first kappa shape index (κ1) is 11.7. The molecule has 2 aromatic rings. The fraction of sp³-hybridized carbons (Fsp3) is 0.333. The lowest BCUT2D eigenvalue weighted by molar-refractivity contribution is 0.505. The first-order valence-electron chi connectivity index (χ1n) is 5.40. The summed E-state index contributed by atoms with van der Waals surface area (Å²) in [5.74, 6) is -1.38. The van der Waals surface area contributed by atoms with Crippen molar-refractivity contribution in [3.63, 3.8) is 0 Å². The summed E-state index contributed by atoms with van der Waals surface area (Å²) in [4.78, 5) is 0. The summed E-state index contributed by atoms with van der Waals surface area (Å²) in [5, 5.41) is 7.93. The average Bonchev–Trinajstić information content (AvgIpc) is 2.72. The normalized spacial score (nSPS) is 11.1. The summed E-state index contributed by atoms with van der Waals surface area (Å²) in [5.41, 5.74) is 1.54. The van der Waals surface area contributed by atoms with Crippen molar-refractivity contribution in [2.45, 2.75) is 26.3 Å². The number of rotatable bonds is 3. The van der Waals surface area contributed by atoms with Gasteiger partial charge in [0.05, 0.1) is 12.2 Å². The van der Waals surface area contributed by atoms with Gasteiger partial charge in [-0.1, -0.05) is 25.1 Å². The first-order chi connectivity index (χ1) is 8.06. The van der Waals surface area contributed by atoms with Crippen LogP contribution in [0.2, 0.25) is 0 Å². The van der Waals surface area contributed by atoms with Crippen LogP contribution in [-0.2, 0) is 6.54 Å². The van der Waals surface area contributed by atoms with Crippen molar-refractivity contribution in [3.8, 4) is 0 Å². The molecular weight excluding hydrogens is 224 g/mol. The van der Waals surface area contributed by atoms with E-state index in [1.165, 1.54) is 12.1 Å². The van der Waals surface area contributed by atoms with E-state index >= 15 is 0 Å². The molecule has 3 nitrogen and oxygen atoms in total. The number of hydrogen-bond donors (Lipinski definition) is 0. The highest BCUT2D eigenvalue weighted by Crippen LogP contribution is 2.12. The Bertz CT molecular complexity index is 520. The molecule has 0 spiro atoms. The van der Waals surface area contributed by atoms with Crippen LogP contribution in [-0.4, -0.2) is 15.0 Å². The second-order valence-electron chi connectivity index (χ2n) is 4.24. The van der Waals surface area contributed by atoms with E-state index in [4.69, 9.17) is 0 Å². The van der Waals surface area contributed by atoms with Gasteiger partial charge < -0.3 is 0 Å². The zero-order chi connectivity index (χ0) is 12.4. The van der Waals surface area contributed by atoms with Crippen molar-refractivity contribution in [1.82, 2.24) is 15.0 Å². The Kier molecular flexibility index (Phi) is 3.17. The molecule has 90 valence electrons. The predicted molar refractivity (Wildman–Crippen MR) is 59.6 cm³/mol. The van der Waals surface area contributed by atoms with Crippen LogP contribution in [0.25, 0.3) is 0 Å². The molecule has 0 N–H and O–H groups in total. The van der Waals surface area contributed by atoms with Gasteiger partial charge >= 0.3 is 0 Å². The van der Waals surface area contributed by atoms with Crippen LogP contribution < -0.4 is 0 Å². The van der Waals surface area contributed by atoms with Gasteiger partial charge in [0.2, 0.25) is 0 Å². The van der Waals surface area contributed by atoms with Crippen molar-refractivity contribution in [3.05, 3.63) is 47.3 Å². The number of aromatic nitrogens is 3. The maximum absolute atomic E-state index is 13.0. The molecule has 0 saturated heterocycles. The minimum atomic E-state index is -0.841. The van der Waals surface area contributed by atoms with Crippen LogP contribution in [0, 0.1) is 11.6 Å². The third-order valence-electron chi connectivity index (χ3n) is 2.48. The third-order valence-corrected chi connectivity index (χ3v) is 2.48. The van der Waals surface area contributed by atoms with Gasteiger partial charge in [0.1, 0.15) is 0 Å². The van der Waals surface area contributed by atoms with Crippen LogP contribution in [0.1, 0.15) is 31.0 Å². The van der Waals surface area contributed by atoms with Gasteiger partial charge in [0.15, 0.2) is 11.6 Å². The number of nitrogens with zero attached hydrogens (tertiary/aromatic N) is 3. The third kappa shape index (κ3) is 2.67. The van der Waals surface area contributed by atoms with E-state index in [0.29, 0.717) is 18.0 Å². The standard InChI is InChI=1S/C12H13F2N3/c1-8(2)12-7-17(16-15-12)6-9-3-4-10(13)11(14)5-9/h3-5,7-8H,6H2,1-2H3. The number of halogens is 2. The van der Waals surface area contributed by atoms with Crippen molar-refractivity contribution >= 4 is 0 Å². The molecule has 17 heavy (non-hydrogen) atoms. The highest BCUT2D eigenvalue weighted by atomic mass is 19.2. The molecule has 0 fully saturated rings. The quantitative estimate of drug-likeness (QED) is 0.821. The molecule has 0 aliphatic heterocycles. The van der Waals surface area contributed by atoms with Crippen LogP contribution in [0.5, 0.6) is 0 Å². The Morgan fingerprint density at radius 2 is 2.00 bits per heavy atom. The molecule has 0 saturated carbocycles. The van der Waals surface area contributed by atoms with Crippen LogP contribution in [0.3, 0.4) is 0 Å². The topological polar surface area (TPSA) is 30.7 Å². The van der Waals surface area contributed by atoms with E-state index in [2.05, 4.69) is 10.3 Å². The Hall–Kier alpha value is -1.78. The van der Waals surface area contributed by atoms with Gasteiger partial charge in [-0.25, -0.2) is 13.5 Å². The van der Waals surface area contributed by atoms with Gasteiger partial charge in [-0.2, -0.15) is 0 Å². The maximum Gasteiger partial charge on any atom is 0.159 e. The molecule has 2 rings (SSSR count). The zero-order valence-corrected chi connectivity index (χ0v) is 9.69. The fourth-order valence-electron chi connectivity index (χ4n) is 1.48. The van der Waals surface area contributed by atoms with Gasteiger partial charge in [-0.3, -0.25) is 0 Å². The zero-order valence-electron chi connectivity index (χ0n) is 9.69. The lowest BCUT2D eigenvalue weighted by Crippen LogP contribution is -2.01. The van der Waals surface area contributed by atoms with Gasteiger partial charge in [0.25, 0.3) is 0 Å². The molecule has 0 unspecified atom stereocenters. The van der Waals surface area contributed by atoms with E-state index in [9.17, 15) is 8.78 Å². The van der Waals surface area contributed by atoms with Crippen LogP contribution >= 0.6 is 0 Å². The number of hydrogen-bond acceptors (Lipinski definition) is 2. The summed E-state index contributed by atoms with van der Waals surface area (Å²) in [7, 11) is 0. The predicted octanol–water partition coefficient (Wildman–Crippen LogP) is 2.73.